The number of thioether (sulfide) groups is 1. The van der Waals surface area contributed by atoms with E-state index < -0.39 is 0 Å². The summed E-state index contributed by atoms with van der Waals surface area (Å²) >= 11 is 6.72. The summed E-state index contributed by atoms with van der Waals surface area (Å²) in [7, 11) is 0. The lowest BCUT2D eigenvalue weighted by molar-refractivity contribution is -0.113. The van der Waals surface area contributed by atoms with Crippen LogP contribution in [0.1, 0.15) is 34.0 Å². The monoisotopic (exact) mass is 459 g/mol. The first-order valence-electron chi connectivity index (χ1n) is 10.1. The lowest BCUT2D eigenvalue weighted by Crippen LogP contribution is -2.27. The number of amides is 1. The molecule has 0 spiro atoms. The first-order valence-corrected chi connectivity index (χ1v) is 11.3. The lowest BCUT2D eigenvalue weighted by atomic mass is 10.1. The second kappa shape index (κ2) is 9.51. The molecule has 0 atom stereocenters. The van der Waals surface area contributed by atoms with Gasteiger partial charge in [0.1, 0.15) is 12.4 Å². The Kier molecular flexibility index (Phi) is 6.53. The van der Waals surface area contributed by atoms with Crippen LogP contribution in [0.25, 0.3) is 6.08 Å². The Morgan fingerprint density at radius 1 is 1.03 bits per heavy atom. The summed E-state index contributed by atoms with van der Waals surface area (Å²) in [6, 6.07) is 22.7. The van der Waals surface area contributed by atoms with E-state index in [4.69, 9.17) is 17.0 Å². The van der Waals surface area contributed by atoms with Crippen molar-refractivity contribution in [2.24, 2.45) is 0 Å². The average molecular weight is 460 g/mol. The molecule has 4 nitrogen and oxygen atoms in total. The van der Waals surface area contributed by atoms with Gasteiger partial charge in [-0.15, -0.1) is 0 Å². The topological polar surface area (TPSA) is 46.6 Å². The fourth-order valence-electron chi connectivity index (χ4n) is 3.25. The SMILES string of the molecule is CC(=O)c1ccc(N2C(=O)C(=Cc3ccccc3OCc3ccc(C)cc3)SC2=S)cc1. The molecule has 3 aromatic rings. The largest absolute Gasteiger partial charge is 0.488 e. The molecule has 6 heteroatoms. The summed E-state index contributed by atoms with van der Waals surface area (Å²) in [5.74, 6) is 0.483. The van der Waals surface area contributed by atoms with Crippen molar-refractivity contribution < 1.29 is 14.3 Å². The number of aryl methyl sites for hydroxylation is 1. The molecule has 0 saturated carbocycles. The molecule has 1 amide bonds. The summed E-state index contributed by atoms with van der Waals surface area (Å²) < 4.78 is 6.49. The number of thiocarbonyl (C=S) groups is 1. The highest BCUT2D eigenvalue weighted by Gasteiger charge is 2.33. The number of benzene rings is 3. The Bertz CT molecular complexity index is 1210. The van der Waals surface area contributed by atoms with Gasteiger partial charge in [0, 0.05) is 11.1 Å². The number of anilines is 1. The minimum absolute atomic E-state index is 0.0240. The zero-order valence-corrected chi connectivity index (χ0v) is 19.3. The van der Waals surface area contributed by atoms with E-state index in [9.17, 15) is 9.59 Å². The standard InChI is InChI=1S/C26H21NO3S2/c1-17-7-9-19(10-8-17)16-30-23-6-4-3-5-21(23)15-24-25(29)27(26(31)32-24)22-13-11-20(12-14-22)18(2)28/h3-15H,16H2,1-2H3. The van der Waals surface area contributed by atoms with Crippen LogP contribution in [0.4, 0.5) is 5.69 Å². The molecule has 0 aliphatic carbocycles. The van der Waals surface area contributed by atoms with Gasteiger partial charge in [0.15, 0.2) is 10.1 Å². The summed E-state index contributed by atoms with van der Waals surface area (Å²) in [4.78, 5) is 26.6. The normalized spacial score (nSPS) is 14.8. The maximum atomic E-state index is 13.1. The van der Waals surface area contributed by atoms with E-state index in [2.05, 4.69) is 12.1 Å². The number of ketones is 1. The molecule has 1 aliphatic heterocycles. The summed E-state index contributed by atoms with van der Waals surface area (Å²) in [6.07, 6.45) is 1.81. The third kappa shape index (κ3) is 4.82. The molecule has 1 heterocycles. The van der Waals surface area contributed by atoms with Crippen LogP contribution in [0.3, 0.4) is 0 Å². The smallest absolute Gasteiger partial charge is 0.270 e. The first-order chi connectivity index (χ1) is 15.4. The van der Waals surface area contributed by atoms with Gasteiger partial charge in [0.05, 0.1) is 10.6 Å². The van der Waals surface area contributed by atoms with Crippen molar-refractivity contribution in [3.63, 3.8) is 0 Å². The van der Waals surface area contributed by atoms with Crippen molar-refractivity contribution in [1.82, 2.24) is 0 Å². The highest BCUT2D eigenvalue weighted by Crippen LogP contribution is 2.37. The molecule has 160 valence electrons. The van der Waals surface area contributed by atoms with Gasteiger partial charge in [-0.25, -0.2) is 0 Å². The number of rotatable bonds is 6. The Morgan fingerprint density at radius 3 is 2.41 bits per heavy atom. The molecule has 0 N–H and O–H groups in total. The molecule has 1 saturated heterocycles. The molecule has 0 unspecified atom stereocenters. The van der Waals surface area contributed by atoms with Gasteiger partial charge in [-0.3, -0.25) is 14.5 Å². The number of ether oxygens (including phenoxy) is 1. The van der Waals surface area contributed by atoms with Crippen LogP contribution in [0, 0.1) is 6.92 Å². The van der Waals surface area contributed by atoms with E-state index >= 15 is 0 Å². The molecule has 1 aliphatic rings. The van der Waals surface area contributed by atoms with Gasteiger partial charge >= 0.3 is 0 Å². The maximum absolute atomic E-state index is 13.1. The Balaban J connectivity index is 1.55. The minimum Gasteiger partial charge on any atom is -0.488 e. The molecule has 4 rings (SSSR count). The highest BCUT2D eigenvalue weighted by atomic mass is 32.2. The van der Waals surface area contributed by atoms with Crippen LogP contribution in [0.15, 0.2) is 77.7 Å². The van der Waals surface area contributed by atoms with E-state index in [1.807, 2.05) is 49.4 Å². The third-order valence-corrected chi connectivity index (χ3v) is 6.35. The van der Waals surface area contributed by atoms with Crippen LogP contribution in [-0.2, 0) is 11.4 Å². The number of carbonyl (C=O) groups is 2. The number of nitrogens with zero attached hydrogens (tertiary/aromatic N) is 1. The zero-order valence-electron chi connectivity index (χ0n) is 17.7. The van der Waals surface area contributed by atoms with Crippen molar-refractivity contribution in [2.75, 3.05) is 4.90 Å². The highest BCUT2D eigenvalue weighted by molar-refractivity contribution is 8.27. The molecular weight excluding hydrogens is 438 g/mol. The van der Waals surface area contributed by atoms with Crippen LogP contribution in [0.2, 0.25) is 0 Å². The van der Waals surface area contributed by atoms with Gasteiger partial charge < -0.3 is 4.74 Å². The van der Waals surface area contributed by atoms with Crippen molar-refractivity contribution in [2.45, 2.75) is 20.5 Å². The first kappa shape index (κ1) is 22.0. The van der Waals surface area contributed by atoms with Gasteiger partial charge in [0.25, 0.3) is 5.91 Å². The predicted octanol–water partition coefficient (Wildman–Crippen LogP) is 6.18. The Hall–Kier alpha value is -3.22. The van der Waals surface area contributed by atoms with E-state index in [1.54, 1.807) is 24.3 Å². The third-order valence-electron chi connectivity index (χ3n) is 5.05. The summed E-state index contributed by atoms with van der Waals surface area (Å²) in [5.41, 5.74) is 4.32. The van der Waals surface area contributed by atoms with Gasteiger partial charge in [-0.2, -0.15) is 0 Å². The van der Waals surface area contributed by atoms with Crippen LogP contribution >= 0.6 is 24.0 Å². The second-order valence-corrected chi connectivity index (χ2v) is 9.11. The molecule has 0 aromatic heterocycles. The Labute approximate surface area is 196 Å². The van der Waals surface area contributed by atoms with E-state index in [-0.39, 0.29) is 11.7 Å². The number of hydrogen-bond donors (Lipinski definition) is 0. The van der Waals surface area contributed by atoms with Crippen molar-refractivity contribution in [3.8, 4) is 5.75 Å². The van der Waals surface area contributed by atoms with E-state index in [0.29, 0.717) is 32.8 Å². The minimum atomic E-state index is -0.191. The molecule has 32 heavy (non-hydrogen) atoms. The van der Waals surface area contributed by atoms with E-state index in [1.165, 1.54) is 29.1 Å². The summed E-state index contributed by atoms with van der Waals surface area (Å²) in [6.45, 7) is 4.00. The second-order valence-electron chi connectivity index (χ2n) is 7.43. The molecule has 3 aromatic carbocycles. The molecular formula is C26H21NO3S2. The van der Waals surface area contributed by atoms with Crippen molar-refractivity contribution >= 4 is 51.8 Å². The molecule has 1 fully saturated rings. The van der Waals surface area contributed by atoms with Crippen LogP contribution < -0.4 is 9.64 Å². The van der Waals surface area contributed by atoms with E-state index in [0.717, 1.165) is 11.1 Å². The van der Waals surface area contributed by atoms with Crippen LogP contribution in [0.5, 0.6) is 5.75 Å². The Morgan fingerprint density at radius 2 is 1.72 bits per heavy atom. The van der Waals surface area contributed by atoms with Crippen molar-refractivity contribution in [1.29, 1.82) is 0 Å². The van der Waals surface area contributed by atoms with Gasteiger partial charge in [-0.1, -0.05) is 72.0 Å². The molecule has 0 radical (unpaired) electrons. The lowest BCUT2D eigenvalue weighted by Gasteiger charge is -2.14. The van der Waals surface area contributed by atoms with Crippen LogP contribution in [-0.4, -0.2) is 16.0 Å². The number of para-hydroxylation sites is 1. The van der Waals surface area contributed by atoms with Gasteiger partial charge in [0.2, 0.25) is 0 Å². The maximum Gasteiger partial charge on any atom is 0.270 e. The number of carbonyl (C=O) groups excluding carboxylic acids is 2. The summed E-state index contributed by atoms with van der Waals surface area (Å²) in [5, 5.41) is 0. The average Bonchev–Trinajstić information content (AvgIpc) is 3.07. The zero-order chi connectivity index (χ0) is 22.7. The van der Waals surface area contributed by atoms with Crippen molar-refractivity contribution in [3.05, 3.63) is 100.0 Å². The quantitative estimate of drug-likeness (QED) is 0.250. The number of Topliss-reactive ketones (excluding diaryl/α,β-unsaturated/α-hetero) is 1. The van der Waals surface area contributed by atoms with Gasteiger partial charge in [-0.05, 0) is 55.8 Å². The number of hydrogen-bond acceptors (Lipinski definition) is 5. The molecule has 0 bridgehead atoms. The predicted molar refractivity (Wildman–Crippen MR) is 134 cm³/mol. The fourth-order valence-corrected chi connectivity index (χ4v) is 4.54. The fraction of sp³-hybridized carbons (Fsp3) is 0.115.